The molecule has 5 rings (SSSR count). The lowest BCUT2D eigenvalue weighted by Crippen LogP contribution is -2.55. The molecule has 5 heterocycles. The molecule has 4 aromatic heterocycles. The number of piperazine rings is 1. The largest absolute Gasteiger partial charge is 0.368 e. The van der Waals surface area contributed by atoms with Gasteiger partial charge in [0.25, 0.3) is 0 Å². The number of nitrogen functional groups attached to an aromatic ring is 1. The number of aromatic nitrogens is 6. The van der Waals surface area contributed by atoms with Crippen molar-refractivity contribution in [2.75, 3.05) is 35.6 Å². The van der Waals surface area contributed by atoms with E-state index in [0.29, 0.717) is 36.6 Å². The minimum atomic E-state index is -0.147. The van der Waals surface area contributed by atoms with Gasteiger partial charge in [-0.1, -0.05) is 0 Å². The van der Waals surface area contributed by atoms with Crippen LogP contribution < -0.4 is 16.0 Å². The van der Waals surface area contributed by atoms with Gasteiger partial charge in [-0.25, -0.2) is 9.78 Å². The second kappa shape index (κ2) is 6.87. The van der Waals surface area contributed by atoms with Gasteiger partial charge in [0.1, 0.15) is 5.82 Å². The molecule has 1 saturated heterocycles. The standard InChI is InChI=1S/C19H22N10O/c1-12-11-28(19(30)23-14-4-3-6-27-7-5-21-17(14)27)8-9-29(12)16-13-10-22-26(2)15(13)24-18(20)25-16/h3-7,10,12H,8-9,11H2,1-2H3,(H,23,30)(H2,20,24,25)/t12-/m0/s1. The maximum atomic E-state index is 12.9. The zero-order valence-electron chi connectivity index (χ0n) is 16.7. The van der Waals surface area contributed by atoms with E-state index in [1.807, 2.05) is 36.0 Å². The van der Waals surface area contributed by atoms with Crippen molar-refractivity contribution in [2.45, 2.75) is 13.0 Å². The molecule has 1 atom stereocenters. The maximum Gasteiger partial charge on any atom is 0.322 e. The Labute approximate surface area is 172 Å². The van der Waals surface area contributed by atoms with Crippen LogP contribution in [-0.4, -0.2) is 65.7 Å². The summed E-state index contributed by atoms with van der Waals surface area (Å²) in [5.41, 5.74) is 8.02. The van der Waals surface area contributed by atoms with Gasteiger partial charge in [-0.05, 0) is 19.1 Å². The number of hydrogen-bond acceptors (Lipinski definition) is 7. The molecule has 2 amide bonds. The Bertz CT molecular complexity index is 1240. The number of carbonyl (C=O) groups is 1. The van der Waals surface area contributed by atoms with Crippen molar-refractivity contribution in [1.29, 1.82) is 0 Å². The molecule has 1 aliphatic rings. The molecule has 0 aromatic carbocycles. The molecule has 0 spiro atoms. The molecule has 1 aliphatic heterocycles. The number of fused-ring (bicyclic) bond motifs is 2. The lowest BCUT2D eigenvalue weighted by atomic mass is 10.2. The summed E-state index contributed by atoms with van der Waals surface area (Å²) in [6.45, 7) is 3.80. The first-order chi connectivity index (χ1) is 14.5. The maximum absolute atomic E-state index is 12.9. The van der Waals surface area contributed by atoms with E-state index in [2.05, 4.69) is 37.2 Å². The van der Waals surface area contributed by atoms with Crippen molar-refractivity contribution in [3.8, 4) is 0 Å². The number of urea groups is 1. The van der Waals surface area contributed by atoms with Gasteiger partial charge in [0.2, 0.25) is 5.95 Å². The van der Waals surface area contributed by atoms with Gasteiger partial charge in [-0.15, -0.1) is 0 Å². The SMILES string of the molecule is C[C@H]1CN(C(=O)Nc2cccn3ccnc23)CCN1c1nc(N)nc2c1cnn2C. The fourth-order valence-electron chi connectivity index (χ4n) is 3.94. The van der Waals surface area contributed by atoms with E-state index < -0.39 is 0 Å². The van der Waals surface area contributed by atoms with Crippen LogP contribution in [0.4, 0.5) is 22.2 Å². The summed E-state index contributed by atoms with van der Waals surface area (Å²) in [5, 5.41) is 8.11. The lowest BCUT2D eigenvalue weighted by molar-refractivity contribution is 0.200. The first-order valence-electron chi connectivity index (χ1n) is 9.71. The van der Waals surface area contributed by atoms with Gasteiger partial charge in [0.05, 0.1) is 17.3 Å². The summed E-state index contributed by atoms with van der Waals surface area (Å²) in [6.07, 6.45) is 7.20. The molecule has 154 valence electrons. The highest BCUT2D eigenvalue weighted by molar-refractivity contribution is 5.93. The molecule has 0 radical (unpaired) electrons. The number of aryl methyl sites for hydroxylation is 1. The van der Waals surface area contributed by atoms with Crippen molar-refractivity contribution < 1.29 is 4.79 Å². The van der Waals surface area contributed by atoms with Crippen molar-refractivity contribution >= 4 is 40.2 Å². The average Bonchev–Trinajstić information content (AvgIpc) is 3.35. The van der Waals surface area contributed by atoms with E-state index in [1.165, 1.54) is 0 Å². The second-order valence-corrected chi connectivity index (χ2v) is 7.41. The normalized spacial score (nSPS) is 17.1. The smallest absolute Gasteiger partial charge is 0.322 e. The highest BCUT2D eigenvalue weighted by atomic mass is 16.2. The van der Waals surface area contributed by atoms with E-state index in [9.17, 15) is 4.79 Å². The molecule has 4 aromatic rings. The summed E-state index contributed by atoms with van der Waals surface area (Å²) in [5.74, 6) is 0.960. The van der Waals surface area contributed by atoms with Crippen molar-refractivity contribution in [2.24, 2.45) is 7.05 Å². The first kappa shape index (κ1) is 18.2. The Morgan fingerprint density at radius 3 is 2.93 bits per heavy atom. The topological polar surface area (TPSA) is 122 Å². The molecule has 0 saturated carbocycles. The zero-order chi connectivity index (χ0) is 20.8. The van der Waals surface area contributed by atoms with Gasteiger partial charge in [0, 0.05) is 51.3 Å². The molecular weight excluding hydrogens is 384 g/mol. The van der Waals surface area contributed by atoms with Crippen LogP contribution in [0.2, 0.25) is 0 Å². The summed E-state index contributed by atoms with van der Waals surface area (Å²) >= 11 is 0. The van der Waals surface area contributed by atoms with E-state index in [0.717, 1.165) is 11.2 Å². The Hall–Kier alpha value is -3.89. The van der Waals surface area contributed by atoms with Crippen LogP contribution in [-0.2, 0) is 7.05 Å². The quantitative estimate of drug-likeness (QED) is 0.515. The van der Waals surface area contributed by atoms with Crippen LogP contribution in [0.1, 0.15) is 6.92 Å². The number of hydrogen-bond donors (Lipinski definition) is 2. The molecule has 11 nitrogen and oxygen atoms in total. The second-order valence-electron chi connectivity index (χ2n) is 7.41. The minimum Gasteiger partial charge on any atom is -0.368 e. The fraction of sp³-hybridized carbons (Fsp3) is 0.316. The minimum absolute atomic E-state index is 0.0458. The summed E-state index contributed by atoms with van der Waals surface area (Å²) in [4.78, 5) is 29.9. The van der Waals surface area contributed by atoms with Crippen molar-refractivity contribution in [3.05, 3.63) is 36.9 Å². The zero-order valence-corrected chi connectivity index (χ0v) is 16.7. The van der Waals surface area contributed by atoms with Gasteiger partial charge < -0.3 is 25.3 Å². The van der Waals surface area contributed by atoms with Crippen LogP contribution in [0.3, 0.4) is 0 Å². The Morgan fingerprint density at radius 2 is 2.10 bits per heavy atom. The number of amides is 2. The molecule has 3 N–H and O–H groups in total. The average molecular weight is 406 g/mol. The van der Waals surface area contributed by atoms with Gasteiger partial charge in [-0.2, -0.15) is 15.1 Å². The summed E-state index contributed by atoms with van der Waals surface area (Å²) in [6, 6.07) is 3.63. The van der Waals surface area contributed by atoms with Crippen LogP contribution >= 0.6 is 0 Å². The number of anilines is 3. The predicted molar refractivity (Wildman–Crippen MR) is 113 cm³/mol. The molecule has 0 bridgehead atoms. The Kier molecular flexibility index (Phi) is 4.16. The van der Waals surface area contributed by atoms with Gasteiger partial charge in [0.15, 0.2) is 11.3 Å². The number of nitrogens with two attached hydrogens (primary N) is 1. The molecule has 0 aliphatic carbocycles. The van der Waals surface area contributed by atoms with Crippen LogP contribution in [0.25, 0.3) is 16.7 Å². The Balaban J connectivity index is 1.35. The number of nitrogens with zero attached hydrogens (tertiary/aromatic N) is 8. The lowest BCUT2D eigenvalue weighted by Gasteiger charge is -2.40. The summed E-state index contributed by atoms with van der Waals surface area (Å²) < 4.78 is 3.55. The number of nitrogens with one attached hydrogen (secondary N) is 1. The van der Waals surface area contributed by atoms with Crippen LogP contribution in [0.15, 0.2) is 36.9 Å². The molecular formula is C19H22N10O. The van der Waals surface area contributed by atoms with E-state index in [4.69, 9.17) is 5.73 Å². The van der Waals surface area contributed by atoms with Crippen LogP contribution in [0, 0.1) is 0 Å². The number of carbonyl (C=O) groups excluding carboxylic acids is 1. The fourth-order valence-corrected chi connectivity index (χ4v) is 3.94. The third-order valence-electron chi connectivity index (χ3n) is 5.44. The summed E-state index contributed by atoms with van der Waals surface area (Å²) in [7, 11) is 1.82. The third kappa shape index (κ3) is 2.95. The molecule has 0 unspecified atom stereocenters. The predicted octanol–water partition coefficient (Wildman–Crippen LogP) is 1.34. The van der Waals surface area contributed by atoms with E-state index >= 15 is 0 Å². The molecule has 1 fully saturated rings. The van der Waals surface area contributed by atoms with Crippen molar-refractivity contribution in [1.82, 2.24) is 34.0 Å². The highest BCUT2D eigenvalue weighted by Crippen LogP contribution is 2.27. The number of pyridine rings is 1. The van der Waals surface area contributed by atoms with E-state index in [1.54, 1.807) is 22.0 Å². The highest BCUT2D eigenvalue weighted by Gasteiger charge is 2.29. The molecule has 30 heavy (non-hydrogen) atoms. The Morgan fingerprint density at radius 1 is 1.23 bits per heavy atom. The third-order valence-corrected chi connectivity index (χ3v) is 5.44. The monoisotopic (exact) mass is 406 g/mol. The van der Waals surface area contributed by atoms with Crippen LogP contribution in [0.5, 0.6) is 0 Å². The molecule has 11 heteroatoms. The van der Waals surface area contributed by atoms with E-state index in [-0.39, 0.29) is 18.0 Å². The number of rotatable bonds is 2. The number of imidazole rings is 1. The van der Waals surface area contributed by atoms with Gasteiger partial charge >= 0.3 is 6.03 Å². The van der Waals surface area contributed by atoms with Crippen molar-refractivity contribution in [3.63, 3.8) is 0 Å². The first-order valence-corrected chi connectivity index (χ1v) is 9.71. The van der Waals surface area contributed by atoms with Gasteiger partial charge in [-0.3, -0.25) is 4.68 Å².